The van der Waals surface area contributed by atoms with E-state index in [1.807, 2.05) is 146 Å². The lowest BCUT2D eigenvalue weighted by molar-refractivity contribution is 0.669. The first-order valence-electron chi connectivity index (χ1n) is 29.3. The Morgan fingerprint density at radius 3 is 1.06 bits per heavy atom. The fraction of sp³-hybridized carbons (Fsp3) is 0. The molecule has 6 aromatic heterocycles. The molecule has 0 saturated heterocycles. The van der Waals surface area contributed by atoms with Crippen LogP contribution in [0.25, 0.3) is 167 Å². The summed E-state index contributed by atoms with van der Waals surface area (Å²) in [6.45, 7) is 0. The van der Waals surface area contributed by atoms with Crippen LogP contribution in [0.3, 0.4) is 0 Å². The van der Waals surface area contributed by atoms with E-state index in [4.69, 9.17) is 38.7 Å². The molecule has 0 fully saturated rings. The molecule has 0 unspecified atom stereocenters. The number of hydrogen-bond donors (Lipinski definition) is 0. The van der Waals surface area contributed by atoms with Crippen LogP contribution in [0, 0.1) is 0 Å². The van der Waals surface area contributed by atoms with Crippen molar-refractivity contribution in [3.05, 3.63) is 291 Å². The van der Waals surface area contributed by atoms with E-state index in [0.29, 0.717) is 34.9 Å². The molecule has 0 aliphatic rings. The van der Waals surface area contributed by atoms with Crippen molar-refractivity contribution in [2.24, 2.45) is 0 Å². The fourth-order valence-corrected chi connectivity index (χ4v) is 12.4. The minimum absolute atomic E-state index is 0.635. The molecule has 0 saturated carbocycles. The molecule has 10 heteroatoms. The molecule has 0 N–H and O–H groups in total. The summed E-state index contributed by atoms with van der Waals surface area (Å²) in [5.74, 6) is 3.87. The van der Waals surface area contributed by atoms with Crippen LogP contribution in [0.1, 0.15) is 0 Å². The minimum atomic E-state index is 0.635. The number of furan rings is 2. The lowest BCUT2D eigenvalue weighted by Gasteiger charge is -2.10. The zero-order valence-corrected chi connectivity index (χ0v) is 47.1. The first-order valence-corrected chi connectivity index (χ1v) is 29.3. The molecular formula is C78H48N8O2. The maximum atomic E-state index is 6.28. The fourth-order valence-electron chi connectivity index (χ4n) is 12.4. The second-order valence-corrected chi connectivity index (χ2v) is 21.8. The van der Waals surface area contributed by atoms with E-state index in [0.717, 1.165) is 111 Å². The minimum Gasteiger partial charge on any atom is -0.456 e. The normalized spacial score (nSPS) is 11.6. The lowest BCUT2D eigenvalue weighted by atomic mass is 10.1. The van der Waals surface area contributed by atoms with Gasteiger partial charge in [-0.2, -0.15) is 0 Å². The first-order chi connectivity index (χ1) is 43.6. The van der Waals surface area contributed by atoms with E-state index in [-0.39, 0.29) is 0 Å². The van der Waals surface area contributed by atoms with E-state index >= 15 is 0 Å². The molecule has 0 aliphatic carbocycles. The Hall–Kier alpha value is -12.1. The average Bonchev–Trinajstić information content (AvgIpc) is 1.67. The van der Waals surface area contributed by atoms with Gasteiger partial charge in [0, 0.05) is 93.9 Å². The third-order valence-corrected chi connectivity index (χ3v) is 16.5. The molecule has 18 aromatic rings. The van der Waals surface area contributed by atoms with Gasteiger partial charge in [-0.3, -0.25) is 0 Å². The summed E-state index contributed by atoms with van der Waals surface area (Å²) in [5, 5.41) is 9.34. The Balaban J connectivity index is 0.000000137. The molecule has 0 atom stereocenters. The summed E-state index contributed by atoms with van der Waals surface area (Å²) in [4.78, 5) is 29.3. The molecule has 0 bridgehead atoms. The van der Waals surface area contributed by atoms with Gasteiger partial charge in [-0.25, -0.2) is 29.9 Å². The van der Waals surface area contributed by atoms with Crippen molar-refractivity contribution in [1.29, 1.82) is 0 Å². The van der Waals surface area contributed by atoms with Gasteiger partial charge in [0.05, 0.1) is 22.1 Å². The van der Waals surface area contributed by atoms with Crippen LogP contribution in [0.4, 0.5) is 0 Å². The Morgan fingerprint density at radius 1 is 0.205 bits per heavy atom. The van der Waals surface area contributed by atoms with E-state index in [2.05, 4.69) is 155 Å². The van der Waals surface area contributed by atoms with Crippen molar-refractivity contribution < 1.29 is 8.83 Å². The Labute approximate surface area is 503 Å². The number of hydrogen-bond acceptors (Lipinski definition) is 8. The number of aromatic nitrogens is 8. The summed E-state index contributed by atoms with van der Waals surface area (Å²) in [6.07, 6.45) is 0. The zero-order chi connectivity index (χ0) is 58.1. The third-order valence-electron chi connectivity index (χ3n) is 16.5. The van der Waals surface area contributed by atoms with Crippen LogP contribution >= 0.6 is 0 Å². The zero-order valence-electron chi connectivity index (χ0n) is 47.1. The second-order valence-electron chi connectivity index (χ2n) is 21.8. The van der Waals surface area contributed by atoms with E-state index in [1.54, 1.807) is 0 Å². The number of nitrogens with zero attached hydrogens (tertiary/aromatic N) is 8. The number of para-hydroxylation sites is 4. The van der Waals surface area contributed by atoms with Crippen molar-refractivity contribution >= 4 is 87.5 Å². The molecule has 0 radical (unpaired) electrons. The van der Waals surface area contributed by atoms with Crippen molar-refractivity contribution in [1.82, 2.24) is 39.0 Å². The number of rotatable bonds is 8. The highest BCUT2D eigenvalue weighted by Crippen LogP contribution is 2.42. The van der Waals surface area contributed by atoms with Gasteiger partial charge in [0.25, 0.3) is 0 Å². The van der Waals surface area contributed by atoms with Gasteiger partial charge < -0.3 is 18.0 Å². The third kappa shape index (κ3) is 8.65. The van der Waals surface area contributed by atoms with Gasteiger partial charge in [-0.15, -0.1) is 0 Å². The molecule has 0 spiro atoms. The highest BCUT2D eigenvalue weighted by atomic mass is 16.3. The van der Waals surface area contributed by atoms with E-state index in [9.17, 15) is 0 Å². The van der Waals surface area contributed by atoms with Crippen LogP contribution < -0.4 is 0 Å². The summed E-state index contributed by atoms with van der Waals surface area (Å²) < 4.78 is 17.2. The summed E-state index contributed by atoms with van der Waals surface area (Å²) >= 11 is 0. The SMILES string of the molecule is c1ccc(-c2nc(-c3ccccc3)nc(-c3ccc(-n4c5ccccc5c5c6c(ccc54)oc4ccccc46)cc3)n2)cc1.c1ccc(-c2nc(-c3ccccc3)nc(-c3ccc(-n4c5ccccc5c5cc6c(cc54)oc4ccccc46)cc3)n2)cc1. The Morgan fingerprint density at radius 2 is 0.568 bits per heavy atom. The predicted molar refractivity (Wildman–Crippen MR) is 356 cm³/mol. The molecule has 88 heavy (non-hydrogen) atoms. The molecule has 18 rings (SSSR count). The maximum Gasteiger partial charge on any atom is 0.164 e. The molecule has 6 heterocycles. The first kappa shape index (κ1) is 50.4. The van der Waals surface area contributed by atoms with Gasteiger partial charge in [0.1, 0.15) is 22.3 Å². The molecule has 10 nitrogen and oxygen atoms in total. The average molecular weight is 1130 g/mol. The number of benzene rings is 12. The van der Waals surface area contributed by atoms with E-state index in [1.165, 1.54) is 21.5 Å². The predicted octanol–water partition coefficient (Wildman–Crippen LogP) is 19.7. The molecule has 12 aromatic carbocycles. The van der Waals surface area contributed by atoms with Gasteiger partial charge in [0.2, 0.25) is 0 Å². The monoisotopic (exact) mass is 1130 g/mol. The van der Waals surface area contributed by atoms with Crippen LogP contribution in [0.15, 0.2) is 300 Å². The van der Waals surface area contributed by atoms with Gasteiger partial charge in [-0.05, 0) is 91.0 Å². The largest absolute Gasteiger partial charge is 0.456 e. The van der Waals surface area contributed by atoms with Crippen LogP contribution in [0.2, 0.25) is 0 Å². The van der Waals surface area contributed by atoms with Crippen molar-refractivity contribution in [2.45, 2.75) is 0 Å². The summed E-state index contributed by atoms with van der Waals surface area (Å²) in [7, 11) is 0. The van der Waals surface area contributed by atoms with Crippen molar-refractivity contribution in [2.75, 3.05) is 0 Å². The smallest absolute Gasteiger partial charge is 0.164 e. The topological polar surface area (TPSA) is 113 Å². The molecule has 0 aliphatic heterocycles. The van der Waals surface area contributed by atoms with Crippen LogP contribution in [0.5, 0.6) is 0 Å². The molecular weight excluding hydrogens is 1080 g/mol. The quantitative estimate of drug-likeness (QED) is 0.148. The summed E-state index contributed by atoms with van der Waals surface area (Å²) in [6, 6.07) is 99.5. The standard InChI is InChI=1S/2C39H24N4O/c1-3-11-25(12-4-1)37-40-38(26-13-5-2-6-14-26)42-39(41-37)27-19-21-28(22-20-27)43-33-17-9-7-15-29(33)31-23-32-30-16-8-10-18-35(30)44-36(32)24-34(31)43;1-3-11-25(12-4-1)37-40-38(26-13-5-2-6-14-26)42-39(41-37)27-19-21-28(22-20-27)43-31-17-9-7-15-29(31)35-32(43)23-24-34-36(35)30-16-8-10-18-33(30)44-34/h2*1-24H. The lowest BCUT2D eigenvalue weighted by Crippen LogP contribution is -2.00. The van der Waals surface area contributed by atoms with Crippen LogP contribution in [-0.4, -0.2) is 39.0 Å². The Bertz CT molecular complexity index is 5550. The summed E-state index contributed by atoms with van der Waals surface area (Å²) in [5.41, 5.74) is 15.9. The highest BCUT2D eigenvalue weighted by Gasteiger charge is 2.21. The van der Waals surface area contributed by atoms with Gasteiger partial charge in [-0.1, -0.05) is 194 Å². The highest BCUT2D eigenvalue weighted by molar-refractivity contribution is 6.27. The molecule has 412 valence electrons. The maximum absolute atomic E-state index is 6.28. The van der Waals surface area contributed by atoms with Gasteiger partial charge in [0.15, 0.2) is 34.9 Å². The second kappa shape index (κ2) is 20.9. The van der Waals surface area contributed by atoms with Crippen LogP contribution in [-0.2, 0) is 0 Å². The van der Waals surface area contributed by atoms with Gasteiger partial charge >= 0.3 is 0 Å². The number of fused-ring (bicyclic) bond motifs is 13. The van der Waals surface area contributed by atoms with E-state index < -0.39 is 0 Å². The molecule has 0 amide bonds. The van der Waals surface area contributed by atoms with Crippen molar-refractivity contribution in [3.63, 3.8) is 0 Å². The van der Waals surface area contributed by atoms with Crippen molar-refractivity contribution in [3.8, 4) is 79.7 Å². The Kier molecular flexibility index (Phi) is 12.0.